The summed E-state index contributed by atoms with van der Waals surface area (Å²) in [5.74, 6) is -0.354. The molecule has 1 aliphatic rings. The normalized spacial score (nSPS) is 20.7. The van der Waals surface area contributed by atoms with Crippen LogP contribution in [-0.4, -0.2) is 49.0 Å². The zero-order valence-corrected chi connectivity index (χ0v) is 14.9. The number of thioether (sulfide) groups is 1. The van der Waals surface area contributed by atoms with Crippen molar-refractivity contribution in [2.24, 2.45) is 0 Å². The minimum Gasteiger partial charge on any atom is -0.479 e. The fourth-order valence-electron chi connectivity index (χ4n) is 2.44. The number of rotatable bonds is 7. The average Bonchev–Trinajstić information content (AvgIpc) is 2.97. The van der Waals surface area contributed by atoms with Gasteiger partial charge in [0.15, 0.2) is 0 Å². The highest BCUT2D eigenvalue weighted by molar-refractivity contribution is 7.99. The van der Waals surface area contributed by atoms with Gasteiger partial charge in [0, 0.05) is 12.3 Å². The zero-order chi connectivity index (χ0) is 17.8. The van der Waals surface area contributed by atoms with E-state index in [4.69, 9.17) is 0 Å². The predicted octanol–water partition coefficient (Wildman–Crippen LogP) is 0.604. The Bertz CT molecular complexity index is 710. The van der Waals surface area contributed by atoms with Crippen LogP contribution in [0.3, 0.4) is 0 Å². The molecule has 2 rings (SSSR count). The molecule has 0 aromatic heterocycles. The monoisotopic (exact) mass is 372 g/mol. The Morgan fingerprint density at radius 3 is 2.46 bits per heavy atom. The molecule has 1 saturated heterocycles. The highest BCUT2D eigenvalue weighted by Gasteiger charge is 2.43. The Morgan fingerprint density at radius 2 is 1.96 bits per heavy atom. The largest absolute Gasteiger partial charge is 0.479 e. The van der Waals surface area contributed by atoms with Gasteiger partial charge in [-0.05, 0) is 29.9 Å². The second-order valence-electron chi connectivity index (χ2n) is 5.56. The number of carboxylic acid groups (broad SMARTS) is 1. The number of carboxylic acids is 1. The molecule has 1 fully saturated rings. The summed E-state index contributed by atoms with van der Waals surface area (Å²) in [5, 5.41) is 12.0. The molecule has 1 atom stereocenters. The van der Waals surface area contributed by atoms with Crippen LogP contribution in [0.2, 0.25) is 0 Å². The molecular formula is C15H20N2O5S2. The Balaban J connectivity index is 2.03. The molecule has 24 heavy (non-hydrogen) atoms. The van der Waals surface area contributed by atoms with Crippen LogP contribution in [0.5, 0.6) is 0 Å². The van der Waals surface area contributed by atoms with Crippen LogP contribution in [0.4, 0.5) is 0 Å². The number of amides is 1. The van der Waals surface area contributed by atoms with Crippen LogP contribution in [-0.2, 0) is 26.0 Å². The molecule has 1 aromatic carbocycles. The lowest BCUT2D eigenvalue weighted by atomic mass is 9.98. The number of nitrogens with one attached hydrogen (secondary N) is 2. The van der Waals surface area contributed by atoms with E-state index in [1.165, 1.54) is 23.9 Å². The van der Waals surface area contributed by atoms with Crippen molar-refractivity contribution in [3.05, 3.63) is 29.8 Å². The lowest BCUT2D eigenvalue weighted by Gasteiger charge is -2.24. The molecule has 0 spiro atoms. The molecule has 0 bridgehead atoms. The van der Waals surface area contributed by atoms with E-state index in [0.29, 0.717) is 30.0 Å². The van der Waals surface area contributed by atoms with Gasteiger partial charge >= 0.3 is 5.97 Å². The third kappa shape index (κ3) is 4.28. The number of carbonyl (C=O) groups excluding carboxylic acids is 1. The molecule has 0 radical (unpaired) electrons. The molecule has 1 amide bonds. The number of sulfonamides is 1. The van der Waals surface area contributed by atoms with Gasteiger partial charge in [-0.3, -0.25) is 4.79 Å². The van der Waals surface area contributed by atoms with Gasteiger partial charge in [-0.25, -0.2) is 17.9 Å². The lowest BCUT2D eigenvalue weighted by Crippen LogP contribution is -2.55. The number of aliphatic carboxylic acids is 1. The first-order chi connectivity index (χ1) is 11.3. The molecule has 1 aromatic rings. The summed E-state index contributed by atoms with van der Waals surface area (Å²) in [6, 6.07) is 5.97. The standard InChI is InChI=1S/C15H20N2O5S2/c1-2-16-24(21,22)12-5-3-11(4-6-12)9-13(18)17-15(14(19)20)7-8-23-10-15/h3-6,16H,2,7-10H2,1H3,(H,17,18)(H,19,20). The van der Waals surface area contributed by atoms with E-state index >= 15 is 0 Å². The second-order valence-corrected chi connectivity index (χ2v) is 8.43. The van der Waals surface area contributed by atoms with E-state index in [1.807, 2.05) is 0 Å². The van der Waals surface area contributed by atoms with Gasteiger partial charge in [-0.15, -0.1) is 0 Å². The average molecular weight is 372 g/mol. The minimum absolute atomic E-state index is 0.00122. The van der Waals surface area contributed by atoms with Crippen molar-refractivity contribution < 1.29 is 23.1 Å². The maximum Gasteiger partial charge on any atom is 0.330 e. The first-order valence-electron chi connectivity index (χ1n) is 7.50. The molecule has 1 unspecified atom stereocenters. The second kappa shape index (κ2) is 7.54. The van der Waals surface area contributed by atoms with Crippen molar-refractivity contribution in [3.63, 3.8) is 0 Å². The number of carbonyl (C=O) groups is 2. The maximum absolute atomic E-state index is 12.1. The summed E-state index contributed by atoms with van der Waals surface area (Å²) in [4.78, 5) is 23.7. The van der Waals surface area contributed by atoms with Gasteiger partial charge in [0.2, 0.25) is 15.9 Å². The summed E-state index contributed by atoms with van der Waals surface area (Å²) >= 11 is 1.50. The highest BCUT2D eigenvalue weighted by Crippen LogP contribution is 2.28. The van der Waals surface area contributed by atoms with Crippen molar-refractivity contribution in [3.8, 4) is 0 Å². The van der Waals surface area contributed by atoms with Crippen molar-refractivity contribution in [2.45, 2.75) is 30.2 Å². The van der Waals surface area contributed by atoms with Crippen molar-refractivity contribution in [1.82, 2.24) is 10.0 Å². The summed E-state index contributed by atoms with van der Waals surface area (Å²) in [6.45, 7) is 1.98. The lowest BCUT2D eigenvalue weighted by molar-refractivity contribution is -0.146. The molecule has 7 nitrogen and oxygen atoms in total. The third-order valence-electron chi connectivity index (χ3n) is 3.74. The van der Waals surface area contributed by atoms with E-state index in [2.05, 4.69) is 10.0 Å². The van der Waals surface area contributed by atoms with E-state index in [1.54, 1.807) is 19.1 Å². The van der Waals surface area contributed by atoms with E-state index in [-0.39, 0.29) is 17.2 Å². The summed E-state index contributed by atoms with van der Waals surface area (Å²) in [5.41, 5.74) is -0.579. The molecule has 132 valence electrons. The quantitative estimate of drug-likeness (QED) is 0.646. The summed E-state index contributed by atoms with van der Waals surface area (Å²) in [7, 11) is -3.53. The minimum atomic E-state index is -3.53. The van der Waals surface area contributed by atoms with Gasteiger partial charge < -0.3 is 10.4 Å². The Labute approximate surface area is 145 Å². The van der Waals surface area contributed by atoms with Crippen LogP contribution in [0.15, 0.2) is 29.2 Å². The van der Waals surface area contributed by atoms with Crippen molar-refractivity contribution in [1.29, 1.82) is 0 Å². The van der Waals surface area contributed by atoms with Crippen LogP contribution < -0.4 is 10.0 Å². The van der Waals surface area contributed by atoms with Gasteiger partial charge in [0.05, 0.1) is 11.3 Å². The molecule has 0 saturated carbocycles. The summed E-state index contributed by atoms with van der Waals surface area (Å²) < 4.78 is 26.1. The number of hydrogen-bond acceptors (Lipinski definition) is 5. The van der Waals surface area contributed by atoms with E-state index < -0.39 is 21.5 Å². The maximum atomic E-state index is 12.1. The SMILES string of the molecule is CCNS(=O)(=O)c1ccc(CC(=O)NC2(C(=O)O)CCSC2)cc1. The Morgan fingerprint density at radius 1 is 1.29 bits per heavy atom. The van der Waals surface area contributed by atoms with Crippen LogP contribution in [0.1, 0.15) is 18.9 Å². The van der Waals surface area contributed by atoms with E-state index in [0.717, 1.165) is 0 Å². The molecule has 9 heteroatoms. The van der Waals surface area contributed by atoms with Gasteiger partial charge in [-0.1, -0.05) is 19.1 Å². The zero-order valence-electron chi connectivity index (χ0n) is 13.2. The summed E-state index contributed by atoms with van der Waals surface area (Å²) in [6.07, 6.45) is 0.403. The molecule has 1 heterocycles. The molecule has 0 aliphatic carbocycles. The molecule has 3 N–H and O–H groups in total. The van der Waals surface area contributed by atoms with Gasteiger partial charge in [0.1, 0.15) is 5.54 Å². The predicted molar refractivity (Wildman–Crippen MR) is 91.5 cm³/mol. The van der Waals surface area contributed by atoms with Gasteiger partial charge in [0.25, 0.3) is 0 Å². The topological polar surface area (TPSA) is 113 Å². The third-order valence-corrected chi connectivity index (χ3v) is 6.49. The molecule has 1 aliphatic heterocycles. The smallest absolute Gasteiger partial charge is 0.330 e. The number of hydrogen-bond donors (Lipinski definition) is 3. The highest BCUT2D eigenvalue weighted by atomic mass is 32.2. The number of benzene rings is 1. The van der Waals surface area contributed by atoms with Crippen LogP contribution >= 0.6 is 11.8 Å². The fraction of sp³-hybridized carbons (Fsp3) is 0.467. The first-order valence-corrected chi connectivity index (χ1v) is 10.1. The van der Waals surface area contributed by atoms with Crippen LogP contribution in [0, 0.1) is 0 Å². The Kier molecular flexibility index (Phi) is 5.89. The first kappa shape index (κ1) is 18.8. The van der Waals surface area contributed by atoms with Gasteiger partial charge in [-0.2, -0.15) is 11.8 Å². The van der Waals surface area contributed by atoms with Crippen LogP contribution in [0.25, 0.3) is 0 Å². The molecular weight excluding hydrogens is 352 g/mol. The van der Waals surface area contributed by atoms with E-state index in [9.17, 15) is 23.1 Å². The fourth-order valence-corrected chi connectivity index (χ4v) is 4.81. The Hall–Kier alpha value is -1.58. The van der Waals surface area contributed by atoms with Crippen molar-refractivity contribution >= 4 is 33.7 Å². The van der Waals surface area contributed by atoms with Crippen molar-refractivity contribution in [2.75, 3.05) is 18.1 Å².